The molecule has 3 rings (SSSR count). The Bertz CT molecular complexity index is 468. The van der Waals surface area contributed by atoms with E-state index < -0.39 is 5.54 Å². The largest absolute Gasteiger partial charge is 0.317 e. The number of nitrogens with one attached hydrogen (secondary N) is 1. The molecule has 0 atom stereocenters. The average Bonchev–Trinajstić information content (AvgIpc) is 2.68. The van der Waals surface area contributed by atoms with Gasteiger partial charge in [0.25, 0.3) is 0 Å². The molecule has 0 radical (unpaired) electrons. The van der Waals surface area contributed by atoms with Gasteiger partial charge in [-0.05, 0) is 38.5 Å². The van der Waals surface area contributed by atoms with Crippen molar-refractivity contribution >= 4 is 22.4 Å². The molecular weight excluding hydrogens is 270 g/mol. The standard InChI is InChI=1S/C15H23N3OS/c16-15(9-5-2-6-10-15)13(19)18-14-17-11-7-3-1-4-8-12(11)20-14/h1-10,16H2,(H,17,18,19). The van der Waals surface area contributed by atoms with Crippen LogP contribution in [0.1, 0.15) is 61.9 Å². The summed E-state index contributed by atoms with van der Waals surface area (Å²) in [4.78, 5) is 18.4. The second kappa shape index (κ2) is 5.82. The Balaban J connectivity index is 1.69. The van der Waals surface area contributed by atoms with Gasteiger partial charge in [0.1, 0.15) is 0 Å². The van der Waals surface area contributed by atoms with Crippen molar-refractivity contribution in [1.82, 2.24) is 4.98 Å². The number of aryl methyl sites for hydroxylation is 2. The first-order valence-electron chi connectivity index (χ1n) is 7.76. The zero-order chi connectivity index (χ0) is 14.0. The lowest BCUT2D eigenvalue weighted by Gasteiger charge is -2.31. The van der Waals surface area contributed by atoms with Gasteiger partial charge in [0.15, 0.2) is 5.13 Å². The summed E-state index contributed by atoms with van der Waals surface area (Å²) in [5.74, 6) is -0.0406. The summed E-state index contributed by atoms with van der Waals surface area (Å²) in [6.45, 7) is 0. The lowest BCUT2D eigenvalue weighted by molar-refractivity contribution is -0.122. The SMILES string of the molecule is NC1(C(=O)Nc2nc3c(s2)CCCCC3)CCCCC1. The van der Waals surface area contributed by atoms with Crippen molar-refractivity contribution in [2.45, 2.75) is 69.7 Å². The van der Waals surface area contributed by atoms with E-state index in [9.17, 15) is 4.79 Å². The number of nitrogens with two attached hydrogens (primary N) is 1. The van der Waals surface area contributed by atoms with E-state index in [0.29, 0.717) is 0 Å². The van der Waals surface area contributed by atoms with E-state index in [1.54, 1.807) is 11.3 Å². The summed E-state index contributed by atoms with van der Waals surface area (Å²) in [6, 6.07) is 0. The summed E-state index contributed by atoms with van der Waals surface area (Å²) in [5, 5.41) is 3.72. The van der Waals surface area contributed by atoms with Crippen molar-refractivity contribution in [3.63, 3.8) is 0 Å². The predicted octanol–water partition coefficient (Wildman–Crippen LogP) is 3.01. The highest BCUT2D eigenvalue weighted by atomic mass is 32.1. The molecule has 0 saturated heterocycles. The number of fused-ring (bicyclic) bond motifs is 1. The number of anilines is 1. The van der Waals surface area contributed by atoms with Crippen LogP contribution in [0.4, 0.5) is 5.13 Å². The third kappa shape index (κ3) is 2.88. The number of amides is 1. The normalized spacial score (nSPS) is 21.9. The first-order chi connectivity index (χ1) is 9.67. The summed E-state index contributed by atoms with van der Waals surface area (Å²) in [6.07, 6.45) is 10.8. The van der Waals surface area contributed by atoms with E-state index in [-0.39, 0.29) is 5.91 Å². The average molecular weight is 293 g/mol. The number of rotatable bonds is 2. The summed E-state index contributed by atoms with van der Waals surface area (Å²) in [5.41, 5.74) is 6.78. The molecule has 2 aliphatic rings. The molecule has 1 heterocycles. The number of aromatic nitrogens is 1. The van der Waals surface area contributed by atoms with Crippen LogP contribution in [0.3, 0.4) is 0 Å². The molecule has 0 aromatic carbocycles. The first kappa shape index (κ1) is 14.0. The molecule has 1 saturated carbocycles. The van der Waals surface area contributed by atoms with Crippen LogP contribution in [0.25, 0.3) is 0 Å². The van der Waals surface area contributed by atoms with Gasteiger partial charge in [-0.25, -0.2) is 4.98 Å². The molecule has 0 unspecified atom stereocenters. The van der Waals surface area contributed by atoms with E-state index in [4.69, 9.17) is 5.73 Å². The van der Waals surface area contributed by atoms with Crippen molar-refractivity contribution < 1.29 is 4.79 Å². The maximum absolute atomic E-state index is 12.4. The molecular formula is C15H23N3OS. The number of carbonyl (C=O) groups excluding carboxylic acids is 1. The van der Waals surface area contributed by atoms with E-state index >= 15 is 0 Å². The van der Waals surface area contributed by atoms with E-state index in [0.717, 1.165) is 43.7 Å². The maximum Gasteiger partial charge on any atom is 0.246 e. The van der Waals surface area contributed by atoms with Crippen LogP contribution in [0.15, 0.2) is 0 Å². The molecule has 1 aromatic rings. The molecule has 110 valence electrons. The highest BCUT2D eigenvalue weighted by Crippen LogP contribution is 2.31. The van der Waals surface area contributed by atoms with Crippen molar-refractivity contribution in [2.24, 2.45) is 5.73 Å². The van der Waals surface area contributed by atoms with Gasteiger partial charge in [-0.1, -0.05) is 25.7 Å². The molecule has 3 N–H and O–H groups in total. The quantitative estimate of drug-likeness (QED) is 0.824. The molecule has 5 heteroatoms. The molecule has 0 spiro atoms. The minimum atomic E-state index is -0.679. The number of thiazole rings is 1. The third-order valence-corrected chi connectivity index (χ3v) is 5.59. The second-order valence-corrected chi connectivity index (χ2v) is 7.20. The summed E-state index contributed by atoms with van der Waals surface area (Å²) >= 11 is 1.64. The van der Waals surface area contributed by atoms with Crippen LogP contribution in [0, 0.1) is 0 Å². The smallest absolute Gasteiger partial charge is 0.246 e. The van der Waals surface area contributed by atoms with Crippen LogP contribution in [0.5, 0.6) is 0 Å². The second-order valence-electron chi connectivity index (χ2n) is 6.12. The van der Waals surface area contributed by atoms with Crippen LogP contribution in [-0.4, -0.2) is 16.4 Å². The van der Waals surface area contributed by atoms with Gasteiger partial charge in [-0.15, -0.1) is 11.3 Å². The molecule has 1 fully saturated rings. The van der Waals surface area contributed by atoms with Crippen LogP contribution < -0.4 is 11.1 Å². The van der Waals surface area contributed by atoms with Gasteiger partial charge >= 0.3 is 0 Å². The molecule has 0 aliphatic heterocycles. The molecule has 1 aromatic heterocycles. The van der Waals surface area contributed by atoms with Gasteiger partial charge in [-0.3, -0.25) is 4.79 Å². The Morgan fingerprint density at radius 1 is 1.10 bits per heavy atom. The van der Waals surface area contributed by atoms with Gasteiger partial charge in [0.2, 0.25) is 5.91 Å². The van der Waals surface area contributed by atoms with E-state index in [1.807, 2.05) is 0 Å². The zero-order valence-electron chi connectivity index (χ0n) is 11.9. The number of carbonyl (C=O) groups is 1. The molecule has 2 aliphatic carbocycles. The minimum Gasteiger partial charge on any atom is -0.317 e. The monoisotopic (exact) mass is 293 g/mol. The highest BCUT2D eigenvalue weighted by Gasteiger charge is 2.35. The third-order valence-electron chi connectivity index (χ3n) is 4.51. The van der Waals surface area contributed by atoms with Gasteiger partial charge in [-0.2, -0.15) is 0 Å². The fourth-order valence-corrected chi connectivity index (χ4v) is 4.26. The lowest BCUT2D eigenvalue weighted by atomic mass is 9.82. The fourth-order valence-electron chi connectivity index (χ4n) is 3.21. The van der Waals surface area contributed by atoms with Crippen molar-refractivity contribution in [3.05, 3.63) is 10.6 Å². The Morgan fingerprint density at radius 2 is 1.80 bits per heavy atom. The first-order valence-corrected chi connectivity index (χ1v) is 8.58. The fraction of sp³-hybridized carbons (Fsp3) is 0.733. The summed E-state index contributed by atoms with van der Waals surface area (Å²) in [7, 11) is 0. The maximum atomic E-state index is 12.4. The lowest BCUT2D eigenvalue weighted by Crippen LogP contribution is -2.52. The van der Waals surface area contributed by atoms with Crippen LogP contribution >= 0.6 is 11.3 Å². The molecule has 20 heavy (non-hydrogen) atoms. The number of nitrogens with zero attached hydrogens (tertiary/aromatic N) is 1. The minimum absolute atomic E-state index is 0.0406. The van der Waals surface area contributed by atoms with Crippen molar-refractivity contribution in [2.75, 3.05) is 5.32 Å². The summed E-state index contributed by atoms with van der Waals surface area (Å²) < 4.78 is 0. The zero-order valence-corrected chi connectivity index (χ0v) is 12.7. The Kier molecular flexibility index (Phi) is 4.08. The van der Waals surface area contributed by atoms with Crippen LogP contribution in [0.2, 0.25) is 0 Å². The van der Waals surface area contributed by atoms with Gasteiger partial charge < -0.3 is 11.1 Å². The van der Waals surface area contributed by atoms with Crippen LogP contribution in [-0.2, 0) is 17.6 Å². The highest BCUT2D eigenvalue weighted by molar-refractivity contribution is 7.15. The van der Waals surface area contributed by atoms with Crippen molar-refractivity contribution in [3.8, 4) is 0 Å². The van der Waals surface area contributed by atoms with E-state index in [2.05, 4.69) is 10.3 Å². The van der Waals surface area contributed by atoms with Crippen molar-refractivity contribution in [1.29, 1.82) is 0 Å². The Hall–Kier alpha value is -0.940. The van der Waals surface area contributed by atoms with Gasteiger partial charge in [0, 0.05) is 4.88 Å². The number of hydrogen-bond acceptors (Lipinski definition) is 4. The van der Waals surface area contributed by atoms with Gasteiger partial charge in [0.05, 0.1) is 11.2 Å². The topological polar surface area (TPSA) is 68.0 Å². The molecule has 1 amide bonds. The molecule has 4 nitrogen and oxygen atoms in total. The number of hydrogen-bond donors (Lipinski definition) is 2. The Morgan fingerprint density at radius 3 is 2.60 bits per heavy atom. The Labute approximate surface area is 124 Å². The molecule has 0 bridgehead atoms. The van der Waals surface area contributed by atoms with E-state index in [1.165, 1.54) is 36.3 Å². The predicted molar refractivity (Wildman–Crippen MR) is 82.0 cm³/mol.